The molecule has 0 saturated carbocycles. The quantitative estimate of drug-likeness (QED) is 0.877. The molecular formula is C14H14FNO. The molecule has 1 aromatic carbocycles. The van der Waals surface area contributed by atoms with E-state index in [4.69, 9.17) is 0 Å². The number of aromatic nitrogens is 1. The number of halogens is 1. The van der Waals surface area contributed by atoms with Gasteiger partial charge in [-0.25, -0.2) is 4.39 Å². The third-order valence-corrected chi connectivity index (χ3v) is 2.66. The van der Waals surface area contributed by atoms with Gasteiger partial charge in [0.1, 0.15) is 5.82 Å². The summed E-state index contributed by atoms with van der Waals surface area (Å²) in [5, 5.41) is 9.89. The van der Waals surface area contributed by atoms with Crippen molar-refractivity contribution in [3.63, 3.8) is 0 Å². The summed E-state index contributed by atoms with van der Waals surface area (Å²) in [5.74, 6) is -0.360. The summed E-state index contributed by atoms with van der Waals surface area (Å²) >= 11 is 0. The molecule has 2 nitrogen and oxygen atoms in total. The maximum absolute atomic E-state index is 13.4. The fraction of sp³-hybridized carbons (Fsp3) is 0.214. The van der Waals surface area contributed by atoms with Gasteiger partial charge in [0, 0.05) is 17.5 Å². The minimum atomic E-state index is -0.779. The lowest BCUT2D eigenvalue weighted by molar-refractivity contribution is 0.163. The maximum atomic E-state index is 13.4. The molecule has 2 rings (SSSR count). The van der Waals surface area contributed by atoms with Crippen molar-refractivity contribution < 1.29 is 9.50 Å². The lowest BCUT2D eigenvalue weighted by Crippen LogP contribution is -2.02. The van der Waals surface area contributed by atoms with Crippen LogP contribution in [-0.4, -0.2) is 10.1 Å². The summed E-state index contributed by atoms with van der Waals surface area (Å²) in [4.78, 5) is 4.16. The number of pyridine rings is 1. The lowest BCUT2D eigenvalue weighted by Gasteiger charge is -2.11. The number of hydrogen-bond acceptors (Lipinski definition) is 2. The standard InChI is InChI=1S/C14H14FNO/c15-13-7-2-1-6-12(13)14(17)9-8-11-5-3-4-10-16-11/h1-7,10,14,17H,8-9H2. The van der Waals surface area contributed by atoms with E-state index >= 15 is 0 Å². The van der Waals surface area contributed by atoms with Gasteiger partial charge in [-0.1, -0.05) is 24.3 Å². The van der Waals surface area contributed by atoms with Crippen LogP contribution in [0.25, 0.3) is 0 Å². The zero-order valence-electron chi connectivity index (χ0n) is 9.38. The van der Waals surface area contributed by atoms with Crippen molar-refractivity contribution in [2.75, 3.05) is 0 Å². The Morgan fingerprint density at radius 2 is 1.88 bits per heavy atom. The van der Waals surface area contributed by atoms with Crippen molar-refractivity contribution in [2.45, 2.75) is 18.9 Å². The molecule has 1 heterocycles. The largest absolute Gasteiger partial charge is 0.388 e. The van der Waals surface area contributed by atoms with E-state index in [1.54, 1.807) is 24.4 Å². The molecule has 0 aliphatic heterocycles. The maximum Gasteiger partial charge on any atom is 0.128 e. The molecule has 0 amide bonds. The molecule has 2 aromatic rings. The van der Waals surface area contributed by atoms with Gasteiger partial charge in [-0.15, -0.1) is 0 Å². The van der Waals surface area contributed by atoms with Crippen molar-refractivity contribution in [3.8, 4) is 0 Å². The molecule has 0 aliphatic rings. The smallest absolute Gasteiger partial charge is 0.128 e. The second-order valence-electron chi connectivity index (χ2n) is 3.90. The van der Waals surface area contributed by atoms with Gasteiger partial charge >= 0.3 is 0 Å². The molecule has 1 N–H and O–H groups in total. The van der Waals surface area contributed by atoms with Crippen molar-refractivity contribution >= 4 is 0 Å². The summed E-state index contributed by atoms with van der Waals surface area (Å²) in [5.41, 5.74) is 1.26. The van der Waals surface area contributed by atoms with Gasteiger partial charge in [0.2, 0.25) is 0 Å². The first-order valence-corrected chi connectivity index (χ1v) is 5.60. The van der Waals surface area contributed by atoms with Crippen molar-refractivity contribution in [1.29, 1.82) is 0 Å². The molecule has 88 valence electrons. The number of hydrogen-bond donors (Lipinski definition) is 1. The summed E-state index contributed by atoms with van der Waals surface area (Å²) in [6.07, 6.45) is 2.04. The number of aliphatic hydroxyl groups excluding tert-OH is 1. The Labute approximate surface area is 99.8 Å². The summed E-state index contributed by atoms with van der Waals surface area (Å²) in [6.45, 7) is 0. The highest BCUT2D eigenvalue weighted by Gasteiger charge is 2.11. The molecule has 1 atom stereocenters. The van der Waals surface area contributed by atoms with Crippen molar-refractivity contribution in [3.05, 3.63) is 65.7 Å². The van der Waals surface area contributed by atoms with E-state index in [-0.39, 0.29) is 5.82 Å². The highest BCUT2D eigenvalue weighted by Crippen LogP contribution is 2.20. The molecule has 0 fully saturated rings. The van der Waals surface area contributed by atoms with Crippen molar-refractivity contribution in [1.82, 2.24) is 4.98 Å². The van der Waals surface area contributed by atoms with E-state index in [9.17, 15) is 9.50 Å². The van der Waals surface area contributed by atoms with E-state index in [2.05, 4.69) is 4.98 Å². The molecule has 1 unspecified atom stereocenters. The summed E-state index contributed by atoms with van der Waals surface area (Å²) < 4.78 is 13.4. The van der Waals surface area contributed by atoms with Gasteiger partial charge in [0.25, 0.3) is 0 Å². The van der Waals surface area contributed by atoms with Crippen LogP contribution < -0.4 is 0 Å². The average Bonchev–Trinajstić information content (AvgIpc) is 2.38. The Bertz CT molecular complexity index is 473. The number of nitrogens with zero attached hydrogens (tertiary/aromatic N) is 1. The molecule has 0 bridgehead atoms. The molecule has 0 radical (unpaired) electrons. The number of aliphatic hydroxyl groups is 1. The fourth-order valence-electron chi connectivity index (χ4n) is 1.73. The number of rotatable bonds is 4. The molecule has 0 spiro atoms. The monoisotopic (exact) mass is 231 g/mol. The first kappa shape index (κ1) is 11.7. The van der Waals surface area contributed by atoms with Crippen LogP contribution in [0.2, 0.25) is 0 Å². The van der Waals surface area contributed by atoms with Crippen LogP contribution in [0.3, 0.4) is 0 Å². The van der Waals surface area contributed by atoms with Crippen LogP contribution in [0.4, 0.5) is 4.39 Å². The Kier molecular flexibility index (Phi) is 3.83. The summed E-state index contributed by atoms with van der Waals surface area (Å²) in [6, 6.07) is 12.0. The highest BCUT2D eigenvalue weighted by atomic mass is 19.1. The van der Waals surface area contributed by atoms with Gasteiger partial charge in [0.15, 0.2) is 0 Å². The van der Waals surface area contributed by atoms with Gasteiger partial charge < -0.3 is 5.11 Å². The highest BCUT2D eigenvalue weighted by molar-refractivity contribution is 5.20. The second-order valence-corrected chi connectivity index (χ2v) is 3.90. The molecule has 3 heteroatoms. The van der Waals surface area contributed by atoms with Gasteiger partial charge in [-0.3, -0.25) is 4.98 Å². The lowest BCUT2D eigenvalue weighted by atomic mass is 10.0. The average molecular weight is 231 g/mol. The minimum Gasteiger partial charge on any atom is -0.388 e. The van der Waals surface area contributed by atoms with Crippen LogP contribution >= 0.6 is 0 Å². The SMILES string of the molecule is OC(CCc1ccccn1)c1ccccc1F. The molecule has 0 saturated heterocycles. The molecule has 1 aromatic heterocycles. The number of aryl methyl sites for hydroxylation is 1. The summed E-state index contributed by atoms with van der Waals surface area (Å²) in [7, 11) is 0. The number of benzene rings is 1. The predicted molar refractivity (Wildman–Crippen MR) is 63.9 cm³/mol. The van der Waals surface area contributed by atoms with Crippen molar-refractivity contribution in [2.24, 2.45) is 0 Å². The molecule has 0 aliphatic carbocycles. The Hall–Kier alpha value is -1.74. The van der Waals surface area contributed by atoms with E-state index < -0.39 is 6.10 Å². The zero-order valence-corrected chi connectivity index (χ0v) is 9.38. The van der Waals surface area contributed by atoms with Gasteiger partial charge in [0.05, 0.1) is 6.10 Å². The zero-order chi connectivity index (χ0) is 12.1. The third-order valence-electron chi connectivity index (χ3n) is 2.66. The fourth-order valence-corrected chi connectivity index (χ4v) is 1.73. The predicted octanol–water partition coefficient (Wildman–Crippen LogP) is 2.89. The second kappa shape index (κ2) is 5.55. The van der Waals surface area contributed by atoms with Crippen LogP contribution in [0.15, 0.2) is 48.7 Å². The van der Waals surface area contributed by atoms with Crippen LogP contribution in [0, 0.1) is 5.82 Å². The van der Waals surface area contributed by atoms with Gasteiger partial charge in [-0.05, 0) is 31.0 Å². The topological polar surface area (TPSA) is 33.1 Å². The van der Waals surface area contributed by atoms with Crippen LogP contribution in [-0.2, 0) is 6.42 Å². The van der Waals surface area contributed by atoms with E-state index in [1.807, 2.05) is 18.2 Å². The normalized spacial score (nSPS) is 12.4. The van der Waals surface area contributed by atoms with E-state index in [0.29, 0.717) is 18.4 Å². The van der Waals surface area contributed by atoms with E-state index in [1.165, 1.54) is 6.07 Å². The first-order chi connectivity index (χ1) is 8.27. The minimum absolute atomic E-state index is 0.350. The molecular weight excluding hydrogens is 217 g/mol. The van der Waals surface area contributed by atoms with Gasteiger partial charge in [-0.2, -0.15) is 0 Å². The van der Waals surface area contributed by atoms with Crippen LogP contribution in [0.5, 0.6) is 0 Å². The Balaban J connectivity index is 1.99. The molecule has 17 heavy (non-hydrogen) atoms. The Morgan fingerprint density at radius 3 is 2.59 bits per heavy atom. The third kappa shape index (κ3) is 3.11. The first-order valence-electron chi connectivity index (χ1n) is 5.60. The Morgan fingerprint density at radius 1 is 1.12 bits per heavy atom. The van der Waals surface area contributed by atoms with Crippen LogP contribution in [0.1, 0.15) is 23.8 Å². The van der Waals surface area contributed by atoms with E-state index in [0.717, 1.165) is 5.69 Å².